The van der Waals surface area contributed by atoms with Crippen LogP contribution in [-0.4, -0.2) is 45.6 Å². The fourth-order valence-corrected chi connectivity index (χ4v) is 13.4. The van der Waals surface area contributed by atoms with Gasteiger partial charge >= 0.3 is 8.80 Å². The first kappa shape index (κ1) is 20.3. The Labute approximate surface area is 127 Å². The summed E-state index contributed by atoms with van der Waals surface area (Å²) in [4.78, 5) is 0. The quantitative estimate of drug-likeness (QED) is 0.402. The van der Waals surface area contributed by atoms with E-state index in [1.807, 2.05) is 7.11 Å². The van der Waals surface area contributed by atoms with Gasteiger partial charge in [-0.3, -0.25) is 0 Å². The van der Waals surface area contributed by atoms with Gasteiger partial charge in [0.15, 0.2) is 8.32 Å². The molecule has 0 rings (SSSR count). The van der Waals surface area contributed by atoms with E-state index in [1.165, 1.54) is 19.3 Å². The van der Waals surface area contributed by atoms with E-state index in [-0.39, 0.29) is 0 Å². The number of rotatable bonds is 12. The molecule has 0 aromatic heterocycles. The molecule has 0 amide bonds. The molecule has 1 atom stereocenters. The molecule has 20 heavy (non-hydrogen) atoms. The number of unbranched alkanes of at least 4 members (excludes halogenated alkanes) is 2. The molecule has 0 saturated carbocycles. The van der Waals surface area contributed by atoms with Crippen LogP contribution in [0.5, 0.6) is 0 Å². The molecule has 0 aliphatic carbocycles. The van der Waals surface area contributed by atoms with Gasteiger partial charge in [-0.05, 0) is 18.5 Å². The molecule has 0 aromatic carbocycles. The normalized spacial score (nSPS) is 14.6. The van der Waals surface area contributed by atoms with Gasteiger partial charge in [0.2, 0.25) is 0 Å². The zero-order valence-corrected chi connectivity index (χ0v) is 16.5. The Morgan fingerprint density at radius 1 is 0.750 bits per heavy atom. The van der Waals surface area contributed by atoms with Crippen LogP contribution in [0.2, 0.25) is 17.3 Å². The maximum Gasteiger partial charge on any atom is 0.502 e. The van der Waals surface area contributed by atoms with Crippen LogP contribution in [0.25, 0.3) is 0 Å². The van der Waals surface area contributed by atoms with Crippen molar-refractivity contribution in [3.8, 4) is 0 Å². The monoisotopic (exact) mass is 322 g/mol. The summed E-state index contributed by atoms with van der Waals surface area (Å²) in [5, 5.41) is 0.307. The van der Waals surface area contributed by atoms with Gasteiger partial charge in [0.05, 0.1) is 0 Å². The largest absolute Gasteiger partial charge is 0.502 e. The summed E-state index contributed by atoms with van der Waals surface area (Å²) in [7, 11) is 2.43. The molecule has 0 spiro atoms. The van der Waals surface area contributed by atoms with Crippen molar-refractivity contribution >= 4 is 17.1 Å². The van der Waals surface area contributed by atoms with Crippen molar-refractivity contribution in [2.24, 2.45) is 0 Å². The molecule has 0 N–H and O–H groups in total. The van der Waals surface area contributed by atoms with Gasteiger partial charge in [0, 0.05) is 33.6 Å². The minimum absolute atomic E-state index is 0.307. The van der Waals surface area contributed by atoms with Crippen molar-refractivity contribution in [3.63, 3.8) is 0 Å². The summed E-state index contributed by atoms with van der Waals surface area (Å²) in [5.74, 6) is 0. The Kier molecular flexibility index (Phi) is 10.2. The summed E-state index contributed by atoms with van der Waals surface area (Å²) in [6.45, 7) is 6.68. The van der Waals surface area contributed by atoms with Crippen molar-refractivity contribution in [1.82, 2.24) is 0 Å². The van der Waals surface area contributed by atoms with Crippen molar-refractivity contribution < 1.29 is 17.7 Å². The molecule has 6 heteroatoms. The van der Waals surface area contributed by atoms with Gasteiger partial charge in [-0.2, -0.15) is 0 Å². The molecular weight excluding hydrogens is 288 g/mol. The topological polar surface area (TPSA) is 36.9 Å². The van der Waals surface area contributed by atoms with Gasteiger partial charge < -0.3 is 17.7 Å². The SMILES string of the molecule is CCCCCC([Si](CC)(CC)OC)[Si](OC)(OC)OC. The second-order valence-corrected chi connectivity index (χ2v) is 13.6. The summed E-state index contributed by atoms with van der Waals surface area (Å²) in [6, 6.07) is 2.14. The van der Waals surface area contributed by atoms with Crippen molar-refractivity contribution in [2.45, 2.75) is 63.7 Å². The van der Waals surface area contributed by atoms with Crippen LogP contribution in [0.15, 0.2) is 0 Å². The lowest BCUT2D eigenvalue weighted by Crippen LogP contribution is -2.59. The molecule has 0 fully saturated rings. The summed E-state index contributed by atoms with van der Waals surface area (Å²) in [6.07, 6.45) is 4.72. The Hall–Kier alpha value is 0.274. The van der Waals surface area contributed by atoms with E-state index in [4.69, 9.17) is 17.7 Å². The number of hydrogen-bond donors (Lipinski definition) is 0. The Bertz CT molecular complexity index is 207. The lowest BCUT2D eigenvalue weighted by atomic mass is 10.2. The highest BCUT2D eigenvalue weighted by molar-refractivity contribution is 6.89. The van der Waals surface area contributed by atoms with Gasteiger partial charge in [0.1, 0.15) is 0 Å². The molecule has 4 nitrogen and oxygen atoms in total. The maximum absolute atomic E-state index is 6.07. The maximum atomic E-state index is 6.07. The molecule has 0 radical (unpaired) electrons. The van der Waals surface area contributed by atoms with E-state index >= 15 is 0 Å². The average molecular weight is 323 g/mol. The molecular formula is C14H34O4Si2. The van der Waals surface area contributed by atoms with E-state index in [1.54, 1.807) is 21.3 Å². The zero-order valence-electron chi connectivity index (χ0n) is 14.5. The fourth-order valence-electron chi connectivity index (χ4n) is 3.21. The van der Waals surface area contributed by atoms with Gasteiger partial charge in [-0.15, -0.1) is 0 Å². The third kappa shape index (κ3) is 4.38. The Balaban J connectivity index is 5.43. The van der Waals surface area contributed by atoms with E-state index in [9.17, 15) is 0 Å². The minimum Gasteiger partial charge on any atom is -0.420 e. The molecule has 0 bridgehead atoms. The van der Waals surface area contributed by atoms with Gasteiger partial charge in [0.25, 0.3) is 0 Å². The lowest BCUT2D eigenvalue weighted by Gasteiger charge is -2.42. The molecule has 0 aliphatic rings. The van der Waals surface area contributed by atoms with E-state index in [2.05, 4.69) is 20.8 Å². The van der Waals surface area contributed by atoms with Crippen molar-refractivity contribution in [3.05, 3.63) is 0 Å². The van der Waals surface area contributed by atoms with Crippen molar-refractivity contribution in [1.29, 1.82) is 0 Å². The average Bonchev–Trinajstić information content (AvgIpc) is 2.51. The summed E-state index contributed by atoms with van der Waals surface area (Å²) in [5.41, 5.74) is 0. The third-order valence-electron chi connectivity index (χ3n) is 4.62. The highest BCUT2D eigenvalue weighted by Crippen LogP contribution is 2.42. The van der Waals surface area contributed by atoms with E-state index in [0.717, 1.165) is 18.5 Å². The fraction of sp³-hybridized carbons (Fsp3) is 1.00. The van der Waals surface area contributed by atoms with Crippen LogP contribution in [0.3, 0.4) is 0 Å². The van der Waals surface area contributed by atoms with Crippen LogP contribution < -0.4 is 0 Å². The van der Waals surface area contributed by atoms with Crippen LogP contribution in [0.1, 0.15) is 46.5 Å². The number of hydrogen-bond acceptors (Lipinski definition) is 4. The molecule has 0 heterocycles. The first-order valence-corrected chi connectivity index (χ1v) is 12.0. The second kappa shape index (κ2) is 10.1. The molecule has 0 aromatic rings. The van der Waals surface area contributed by atoms with Crippen LogP contribution in [-0.2, 0) is 17.7 Å². The molecule has 0 saturated heterocycles. The highest BCUT2D eigenvalue weighted by Gasteiger charge is 2.57. The van der Waals surface area contributed by atoms with Gasteiger partial charge in [-0.25, -0.2) is 0 Å². The molecule has 1 unspecified atom stereocenters. The van der Waals surface area contributed by atoms with E-state index < -0.39 is 17.1 Å². The smallest absolute Gasteiger partial charge is 0.420 e. The standard InChI is InChI=1S/C14H34O4Si2/c1-8-11-12-13-14(19(9-2,10-3)15-4)20(16-5,17-6)18-7/h14H,8-13H2,1-7H3. The van der Waals surface area contributed by atoms with Crippen LogP contribution in [0, 0.1) is 0 Å². The molecule has 122 valence electrons. The zero-order chi connectivity index (χ0) is 15.6. The van der Waals surface area contributed by atoms with Crippen LogP contribution in [0.4, 0.5) is 0 Å². The minimum atomic E-state index is -2.66. The first-order valence-electron chi connectivity index (χ1n) is 7.76. The Morgan fingerprint density at radius 2 is 1.25 bits per heavy atom. The summed E-state index contributed by atoms with van der Waals surface area (Å²) >= 11 is 0. The van der Waals surface area contributed by atoms with Crippen molar-refractivity contribution in [2.75, 3.05) is 28.4 Å². The van der Waals surface area contributed by atoms with E-state index in [0.29, 0.717) is 5.16 Å². The highest BCUT2D eigenvalue weighted by atomic mass is 28.4. The predicted octanol–water partition coefficient (Wildman–Crippen LogP) is 3.99. The Morgan fingerprint density at radius 3 is 1.55 bits per heavy atom. The third-order valence-corrected chi connectivity index (χ3v) is 14.9. The first-order chi connectivity index (χ1) is 9.56. The van der Waals surface area contributed by atoms with Crippen LogP contribution >= 0.6 is 0 Å². The second-order valence-electron chi connectivity index (χ2n) is 5.24. The summed E-state index contributed by atoms with van der Waals surface area (Å²) < 4.78 is 23.4. The predicted molar refractivity (Wildman–Crippen MR) is 88.4 cm³/mol. The molecule has 0 aliphatic heterocycles. The van der Waals surface area contributed by atoms with Gasteiger partial charge in [-0.1, -0.05) is 40.0 Å². The lowest BCUT2D eigenvalue weighted by molar-refractivity contribution is 0.114.